The van der Waals surface area contributed by atoms with Crippen LogP contribution in [0.3, 0.4) is 0 Å². The van der Waals surface area contributed by atoms with Crippen molar-refractivity contribution in [1.29, 1.82) is 0 Å². The van der Waals surface area contributed by atoms with Crippen LogP contribution < -0.4 is 5.32 Å². The predicted octanol–water partition coefficient (Wildman–Crippen LogP) is 1.60. The van der Waals surface area contributed by atoms with Crippen LogP contribution in [0.1, 0.15) is 13.8 Å². The number of hydrogen-bond acceptors (Lipinski definition) is 3. The first-order valence-corrected chi connectivity index (χ1v) is 4.37. The zero-order chi connectivity index (χ0) is 10.1. The van der Waals surface area contributed by atoms with E-state index >= 15 is 0 Å². The van der Waals surface area contributed by atoms with Crippen LogP contribution in [0.2, 0.25) is 0 Å². The summed E-state index contributed by atoms with van der Waals surface area (Å²) in [5.74, 6) is 0. The third-order valence-corrected chi connectivity index (χ3v) is 1.54. The van der Waals surface area contributed by atoms with E-state index in [9.17, 15) is 0 Å². The molecule has 3 heteroatoms. The van der Waals surface area contributed by atoms with Gasteiger partial charge in [-0.15, -0.1) is 0 Å². The second kappa shape index (κ2) is 7.40. The summed E-state index contributed by atoms with van der Waals surface area (Å²) in [4.78, 5) is 5.81. The van der Waals surface area contributed by atoms with Gasteiger partial charge in [0.25, 0.3) is 0 Å². The third kappa shape index (κ3) is 7.12. The number of allylic oxidation sites excluding steroid dienone is 2. The van der Waals surface area contributed by atoms with Gasteiger partial charge in [0.1, 0.15) is 0 Å². The third-order valence-electron chi connectivity index (χ3n) is 1.54. The standard InChI is InChI=1S/C10H19N3/c1-5-8-13(4)9-12-10(2)6-7-11-3/h5-6,8,12H,3,7,9H2,1-2,4H3/b8-5+,10-6+. The fourth-order valence-corrected chi connectivity index (χ4v) is 0.830. The molecule has 0 spiro atoms. The summed E-state index contributed by atoms with van der Waals surface area (Å²) in [6.45, 7) is 8.92. The zero-order valence-corrected chi connectivity index (χ0v) is 8.75. The van der Waals surface area contributed by atoms with E-state index in [-0.39, 0.29) is 0 Å². The quantitative estimate of drug-likeness (QED) is 0.498. The molecule has 0 saturated heterocycles. The zero-order valence-electron chi connectivity index (χ0n) is 8.75. The molecule has 0 saturated carbocycles. The lowest BCUT2D eigenvalue weighted by Crippen LogP contribution is -2.25. The first kappa shape index (κ1) is 11.8. The predicted molar refractivity (Wildman–Crippen MR) is 58.8 cm³/mol. The van der Waals surface area contributed by atoms with E-state index in [1.807, 2.05) is 39.2 Å². The normalized spacial score (nSPS) is 11.8. The fourth-order valence-electron chi connectivity index (χ4n) is 0.830. The molecular weight excluding hydrogens is 162 g/mol. The van der Waals surface area contributed by atoms with Gasteiger partial charge in [-0.05, 0) is 32.8 Å². The average Bonchev–Trinajstić information content (AvgIpc) is 2.12. The molecule has 13 heavy (non-hydrogen) atoms. The Morgan fingerprint density at radius 3 is 2.85 bits per heavy atom. The van der Waals surface area contributed by atoms with Crippen LogP contribution in [0, 0.1) is 0 Å². The van der Waals surface area contributed by atoms with Gasteiger partial charge in [0, 0.05) is 12.7 Å². The maximum atomic E-state index is 3.75. The fraction of sp³-hybridized carbons (Fsp3) is 0.500. The lowest BCUT2D eigenvalue weighted by atomic mass is 10.4. The number of hydrogen-bond donors (Lipinski definition) is 1. The van der Waals surface area contributed by atoms with Gasteiger partial charge in [0.2, 0.25) is 0 Å². The Morgan fingerprint density at radius 2 is 2.31 bits per heavy atom. The van der Waals surface area contributed by atoms with Crippen LogP contribution in [0.4, 0.5) is 0 Å². The molecular formula is C10H19N3. The number of rotatable bonds is 6. The van der Waals surface area contributed by atoms with Gasteiger partial charge in [-0.1, -0.05) is 6.08 Å². The molecule has 0 aromatic carbocycles. The van der Waals surface area contributed by atoms with Crippen LogP contribution >= 0.6 is 0 Å². The Labute approximate surface area is 80.8 Å². The van der Waals surface area contributed by atoms with Crippen molar-refractivity contribution >= 4 is 6.72 Å². The Morgan fingerprint density at radius 1 is 1.62 bits per heavy atom. The van der Waals surface area contributed by atoms with Gasteiger partial charge in [0.05, 0.1) is 13.2 Å². The monoisotopic (exact) mass is 181 g/mol. The Balaban J connectivity index is 3.68. The minimum atomic E-state index is 0.673. The van der Waals surface area contributed by atoms with E-state index in [2.05, 4.69) is 21.9 Å². The SMILES string of the molecule is C=NC/C=C(\C)NCN(C)/C=C/C. The Kier molecular flexibility index (Phi) is 6.69. The van der Waals surface area contributed by atoms with E-state index in [1.165, 1.54) is 0 Å². The molecule has 3 nitrogen and oxygen atoms in total. The molecule has 74 valence electrons. The van der Waals surface area contributed by atoms with Gasteiger partial charge in [0.15, 0.2) is 0 Å². The molecule has 0 unspecified atom stereocenters. The molecule has 0 amide bonds. The summed E-state index contributed by atoms with van der Waals surface area (Å²) in [6, 6.07) is 0. The lowest BCUT2D eigenvalue weighted by Gasteiger charge is -2.15. The molecule has 0 aromatic rings. The molecule has 0 aliphatic heterocycles. The van der Waals surface area contributed by atoms with Crippen molar-refractivity contribution in [3.8, 4) is 0 Å². The first-order valence-electron chi connectivity index (χ1n) is 4.37. The number of aliphatic imine (C=N–C) groups is 1. The maximum absolute atomic E-state index is 3.75. The van der Waals surface area contributed by atoms with Crippen molar-refractivity contribution in [3.05, 3.63) is 24.0 Å². The smallest absolute Gasteiger partial charge is 0.0865 e. The van der Waals surface area contributed by atoms with Crippen LogP contribution in [0.15, 0.2) is 29.0 Å². The highest BCUT2D eigenvalue weighted by atomic mass is 15.2. The molecule has 0 aliphatic carbocycles. The van der Waals surface area contributed by atoms with Crippen LogP contribution in [0.5, 0.6) is 0 Å². The van der Waals surface area contributed by atoms with Crippen molar-refractivity contribution < 1.29 is 0 Å². The summed E-state index contributed by atoms with van der Waals surface area (Å²) in [5, 5.41) is 3.25. The van der Waals surface area contributed by atoms with Gasteiger partial charge in [-0.3, -0.25) is 4.99 Å². The number of nitrogens with zero attached hydrogens (tertiary/aromatic N) is 2. The summed E-state index contributed by atoms with van der Waals surface area (Å²) in [6.07, 6.45) is 6.04. The van der Waals surface area contributed by atoms with Crippen molar-refractivity contribution in [2.45, 2.75) is 13.8 Å². The van der Waals surface area contributed by atoms with E-state index in [0.29, 0.717) is 6.54 Å². The van der Waals surface area contributed by atoms with Crippen molar-refractivity contribution in [2.24, 2.45) is 4.99 Å². The van der Waals surface area contributed by atoms with Gasteiger partial charge >= 0.3 is 0 Å². The highest BCUT2D eigenvalue weighted by Gasteiger charge is 1.89. The Hall–Kier alpha value is -1.25. The van der Waals surface area contributed by atoms with Crippen molar-refractivity contribution in [2.75, 3.05) is 20.3 Å². The summed E-state index contributed by atoms with van der Waals surface area (Å²) in [5.41, 5.74) is 1.13. The highest BCUT2D eigenvalue weighted by Crippen LogP contribution is 1.88. The van der Waals surface area contributed by atoms with Gasteiger partial charge < -0.3 is 10.2 Å². The molecule has 0 aliphatic rings. The average molecular weight is 181 g/mol. The maximum Gasteiger partial charge on any atom is 0.0865 e. The Bertz CT molecular complexity index is 194. The van der Waals surface area contributed by atoms with E-state index in [1.54, 1.807) is 0 Å². The van der Waals surface area contributed by atoms with E-state index in [0.717, 1.165) is 12.4 Å². The van der Waals surface area contributed by atoms with E-state index in [4.69, 9.17) is 0 Å². The van der Waals surface area contributed by atoms with Crippen molar-refractivity contribution in [1.82, 2.24) is 10.2 Å². The first-order chi connectivity index (χ1) is 6.20. The minimum Gasteiger partial charge on any atom is -0.372 e. The number of nitrogens with one attached hydrogen (secondary N) is 1. The van der Waals surface area contributed by atoms with E-state index < -0.39 is 0 Å². The van der Waals surface area contributed by atoms with Gasteiger partial charge in [-0.25, -0.2) is 0 Å². The molecule has 0 atom stereocenters. The minimum absolute atomic E-state index is 0.673. The second-order valence-electron chi connectivity index (χ2n) is 2.87. The van der Waals surface area contributed by atoms with Crippen LogP contribution in [0.25, 0.3) is 0 Å². The molecule has 0 rings (SSSR count). The van der Waals surface area contributed by atoms with Crippen molar-refractivity contribution in [3.63, 3.8) is 0 Å². The second-order valence-corrected chi connectivity index (χ2v) is 2.87. The lowest BCUT2D eigenvalue weighted by molar-refractivity contribution is 0.429. The molecule has 0 fully saturated rings. The van der Waals surface area contributed by atoms with Gasteiger partial charge in [-0.2, -0.15) is 0 Å². The highest BCUT2D eigenvalue weighted by molar-refractivity contribution is 5.24. The molecule has 0 heterocycles. The molecule has 1 N–H and O–H groups in total. The summed E-state index contributed by atoms with van der Waals surface area (Å²) >= 11 is 0. The molecule has 0 radical (unpaired) electrons. The topological polar surface area (TPSA) is 27.6 Å². The van der Waals surface area contributed by atoms with Crippen LogP contribution in [-0.2, 0) is 0 Å². The summed E-state index contributed by atoms with van der Waals surface area (Å²) < 4.78 is 0. The van der Waals surface area contributed by atoms with Crippen LogP contribution in [-0.4, -0.2) is 31.9 Å². The molecule has 0 bridgehead atoms. The summed E-state index contributed by atoms with van der Waals surface area (Å²) in [7, 11) is 2.02. The molecule has 0 aromatic heterocycles. The largest absolute Gasteiger partial charge is 0.372 e.